The molecule has 31 heavy (non-hydrogen) atoms. The Labute approximate surface area is 187 Å². The van der Waals surface area contributed by atoms with E-state index in [9.17, 15) is 0 Å². The third kappa shape index (κ3) is 3.08. The fraction of sp³-hybridized carbons (Fsp3) is 0.190. The maximum atomic E-state index is 6.71. The first-order valence-electron chi connectivity index (χ1n) is 9.81. The minimum Gasteiger partial charge on any atom is -0.377 e. The number of nitrogens with two attached hydrogens (primary N) is 1. The highest BCUT2D eigenvalue weighted by Crippen LogP contribution is 2.45. The van der Waals surface area contributed by atoms with E-state index >= 15 is 0 Å². The zero-order valence-corrected chi connectivity index (χ0v) is 17.8. The molecule has 8 nitrogen and oxygen atoms in total. The molecular weight excluding hydrogens is 434 g/mol. The van der Waals surface area contributed by atoms with Crippen molar-refractivity contribution < 1.29 is 4.74 Å². The van der Waals surface area contributed by atoms with E-state index < -0.39 is 0 Å². The van der Waals surface area contributed by atoms with Gasteiger partial charge in [0.2, 0.25) is 0 Å². The molecule has 2 aromatic carbocycles. The van der Waals surface area contributed by atoms with E-state index in [-0.39, 0.29) is 5.37 Å². The second-order valence-electron chi connectivity index (χ2n) is 7.46. The lowest BCUT2D eigenvalue weighted by atomic mass is 10.1. The van der Waals surface area contributed by atoms with Crippen molar-refractivity contribution in [1.82, 2.24) is 19.7 Å². The van der Waals surface area contributed by atoms with Crippen LogP contribution in [-0.4, -0.2) is 38.1 Å². The average molecular weight is 452 g/mol. The fourth-order valence-corrected chi connectivity index (χ4v) is 5.14. The van der Waals surface area contributed by atoms with Gasteiger partial charge in [-0.1, -0.05) is 41.6 Å². The zero-order chi connectivity index (χ0) is 20.9. The second kappa shape index (κ2) is 7.30. The highest BCUT2D eigenvalue weighted by Gasteiger charge is 2.31. The summed E-state index contributed by atoms with van der Waals surface area (Å²) >= 11 is 8.20. The molecule has 1 fully saturated rings. The summed E-state index contributed by atoms with van der Waals surface area (Å²) < 4.78 is 7.54. The Kier molecular flexibility index (Phi) is 4.41. The molecule has 0 radical (unpaired) electrons. The Morgan fingerprint density at radius 3 is 2.97 bits per heavy atom. The Morgan fingerprint density at radius 1 is 1.23 bits per heavy atom. The molecule has 1 atom stereocenters. The van der Waals surface area contributed by atoms with Gasteiger partial charge >= 0.3 is 0 Å². The number of aromatic nitrogens is 4. The number of ether oxygens (including phenoxy) is 1. The number of thioether (sulfide) groups is 1. The minimum atomic E-state index is -0.141. The number of imidazole rings is 1. The van der Waals surface area contributed by atoms with Crippen molar-refractivity contribution in [2.24, 2.45) is 10.8 Å². The Bertz CT molecular complexity index is 1310. The number of anilines is 1. The normalized spacial score (nSPS) is 19.1. The lowest BCUT2D eigenvalue weighted by Crippen LogP contribution is -2.30. The smallest absolute Gasteiger partial charge is 0.180 e. The number of nitrogens with one attached hydrogen (secondary N) is 1. The number of benzene rings is 2. The molecule has 2 aromatic heterocycles. The van der Waals surface area contributed by atoms with Gasteiger partial charge in [0.05, 0.1) is 41.7 Å². The molecule has 4 heterocycles. The number of hydrogen-bond donors (Lipinski definition) is 2. The van der Waals surface area contributed by atoms with Crippen molar-refractivity contribution >= 4 is 45.1 Å². The molecule has 10 heteroatoms. The van der Waals surface area contributed by atoms with Gasteiger partial charge in [0.1, 0.15) is 11.2 Å². The van der Waals surface area contributed by atoms with E-state index in [0.717, 1.165) is 33.5 Å². The van der Waals surface area contributed by atoms with Gasteiger partial charge in [0.25, 0.3) is 0 Å². The monoisotopic (exact) mass is 451 g/mol. The number of hydrazone groups is 1. The Morgan fingerprint density at radius 2 is 2.13 bits per heavy atom. The molecule has 3 N–H and O–H groups in total. The van der Waals surface area contributed by atoms with Gasteiger partial charge in [0, 0.05) is 23.3 Å². The summed E-state index contributed by atoms with van der Waals surface area (Å²) in [6, 6.07) is 12.5. The highest BCUT2D eigenvalue weighted by molar-refractivity contribution is 8.14. The van der Waals surface area contributed by atoms with Gasteiger partial charge in [-0.05, 0) is 23.8 Å². The first-order valence-corrected chi connectivity index (χ1v) is 11.1. The third-order valence-corrected chi connectivity index (χ3v) is 6.97. The third-order valence-electron chi connectivity index (χ3n) is 5.56. The lowest BCUT2D eigenvalue weighted by molar-refractivity contribution is -0.0226. The molecule has 6 rings (SSSR count). The first kappa shape index (κ1) is 18.7. The van der Waals surface area contributed by atoms with Crippen molar-refractivity contribution in [1.29, 1.82) is 0 Å². The molecule has 0 aliphatic carbocycles. The van der Waals surface area contributed by atoms with Gasteiger partial charge in [-0.3, -0.25) is 5.10 Å². The van der Waals surface area contributed by atoms with E-state index in [0.29, 0.717) is 29.4 Å². The summed E-state index contributed by atoms with van der Waals surface area (Å²) in [5.41, 5.74) is 9.90. The van der Waals surface area contributed by atoms with Crippen molar-refractivity contribution in [2.45, 2.75) is 11.4 Å². The molecule has 156 valence electrons. The predicted molar refractivity (Wildman–Crippen MR) is 123 cm³/mol. The van der Waals surface area contributed by atoms with Gasteiger partial charge < -0.3 is 15.0 Å². The van der Waals surface area contributed by atoms with E-state index in [1.165, 1.54) is 11.8 Å². The Hall–Kier alpha value is -3.01. The molecule has 2 aliphatic heterocycles. The van der Waals surface area contributed by atoms with Crippen LogP contribution in [0.4, 0.5) is 5.69 Å². The van der Waals surface area contributed by atoms with Crippen LogP contribution in [-0.2, 0) is 4.74 Å². The van der Waals surface area contributed by atoms with Crippen LogP contribution in [0.25, 0.3) is 22.3 Å². The zero-order valence-electron chi connectivity index (χ0n) is 16.3. The van der Waals surface area contributed by atoms with Crippen molar-refractivity contribution in [3.05, 3.63) is 65.6 Å². The molecule has 4 aromatic rings. The molecule has 1 saturated heterocycles. The largest absolute Gasteiger partial charge is 0.377 e. The van der Waals surface area contributed by atoms with Crippen LogP contribution in [0.5, 0.6) is 0 Å². The lowest BCUT2D eigenvalue weighted by Gasteiger charge is -2.29. The maximum absolute atomic E-state index is 6.71. The quantitative estimate of drug-likeness (QED) is 0.484. The van der Waals surface area contributed by atoms with E-state index in [4.69, 9.17) is 22.1 Å². The number of halogens is 1. The SMILES string of the molecule is NC1=NN(c2ccc3[nH]ncc3c2Cl)C(c2cccc(-c3nccn3C3COC3)c2)S1. The number of H-pyrrole nitrogens is 1. The van der Waals surface area contributed by atoms with Gasteiger partial charge in [-0.15, -0.1) is 5.10 Å². The van der Waals surface area contributed by atoms with Crippen molar-refractivity contribution in [2.75, 3.05) is 18.2 Å². The molecule has 0 bridgehead atoms. The minimum absolute atomic E-state index is 0.141. The van der Waals surface area contributed by atoms with E-state index in [2.05, 4.69) is 43.0 Å². The van der Waals surface area contributed by atoms with Crippen LogP contribution in [0.1, 0.15) is 17.0 Å². The molecule has 1 unspecified atom stereocenters. The molecule has 0 amide bonds. The number of aromatic amines is 1. The average Bonchev–Trinajstić information content (AvgIpc) is 3.47. The predicted octanol–water partition coefficient (Wildman–Crippen LogP) is 4.13. The molecular formula is C21H18ClN7OS. The topological polar surface area (TPSA) is 97.4 Å². The molecule has 0 saturated carbocycles. The summed E-state index contributed by atoms with van der Waals surface area (Å²) in [6.45, 7) is 1.43. The number of amidine groups is 1. The highest BCUT2D eigenvalue weighted by atomic mass is 35.5. The van der Waals surface area contributed by atoms with Crippen molar-refractivity contribution in [3.63, 3.8) is 0 Å². The standard InChI is InChI=1S/C21H18ClN7OS/c22-18-15-9-25-26-16(15)4-5-17(18)29-20(31-21(23)27-29)13-3-1-2-12(8-13)19-24-6-7-28(19)14-10-30-11-14/h1-9,14,20H,10-11H2,(H2,23,27)(H,25,26). The summed E-state index contributed by atoms with van der Waals surface area (Å²) in [5.74, 6) is 0.927. The van der Waals surface area contributed by atoms with Crippen LogP contribution >= 0.6 is 23.4 Å². The van der Waals surface area contributed by atoms with E-state index in [1.54, 1.807) is 6.20 Å². The summed E-state index contributed by atoms with van der Waals surface area (Å²) in [6.07, 6.45) is 5.56. The maximum Gasteiger partial charge on any atom is 0.180 e. The van der Waals surface area contributed by atoms with Crippen molar-refractivity contribution in [3.8, 4) is 11.4 Å². The van der Waals surface area contributed by atoms with Crippen LogP contribution < -0.4 is 10.7 Å². The molecule has 2 aliphatic rings. The van der Waals surface area contributed by atoms with E-state index in [1.807, 2.05) is 35.6 Å². The van der Waals surface area contributed by atoms with Gasteiger partial charge in [-0.2, -0.15) is 5.10 Å². The Balaban J connectivity index is 1.39. The first-order chi connectivity index (χ1) is 15.2. The van der Waals surface area contributed by atoms with Gasteiger partial charge in [-0.25, -0.2) is 9.99 Å². The number of fused-ring (bicyclic) bond motifs is 1. The van der Waals surface area contributed by atoms with Crippen LogP contribution in [0, 0.1) is 0 Å². The van der Waals surface area contributed by atoms with Crippen LogP contribution in [0.3, 0.4) is 0 Å². The molecule has 0 spiro atoms. The number of nitrogens with zero attached hydrogens (tertiary/aromatic N) is 5. The van der Waals surface area contributed by atoms with Crippen LogP contribution in [0.2, 0.25) is 5.02 Å². The summed E-state index contributed by atoms with van der Waals surface area (Å²) in [7, 11) is 0. The fourth-order valence-electron chi connectivity index (χ4n) is 3.93. The number of hydrogen-bond acceptors (Lipinski definition) is 7. The van der Waals surface area contributed by atoms with Gasteiger partial charge in [0.15, 0.2) is 5.17 Å². The number of rotatable bonds is 4. The summed E-state index contributed by atoms with van der Waals surface area (Å²) in [4.78, 5) is 4.59. The summed E-state index contributed by atoms with van der Waals surface area (Å²) in [5, 5.41) is 15.3. The van der Waals surface area contributed by atoms with Crippen LogP contribution in [0.15, 0.2) is 60.1 Å². The second-order valence-corrected chi connectivity index (χ2v) is 8.94.